The van der Waals surface area contributed by atoms with Crippen LogP contribution in [0.1, 0.15) is 6.92 Å². The third kappa shape index (κ3) is 2.60. The summed E-state index contributed by atoms with van der Waals surface area (Å²) in [6.07, 6.45) is 1.33. The number of rotatable bonds is 5. The van der Waals surface area contributed by atoms with Gasteiger partial charge in [0.05, 0.1) is 12.9 Å². The minimum Gasteiger partial charge on any atom is -0.479 e. The zero-order valence-electron chi connectivity index (χ0n) is 10.7. The van der Waals surface area contributed by atoms with Gasteiger partial charge in [-0.2, -0.15) is 4.98 Å². The summed E-state index contributed by atoms with van der Waals surface area (Å²) in [5.41, 5.74) is 6.68. The second-order valence-corrected chi connectivity index (χ2v) is 6.39. The molecule has 8 nitrogen and oxygen atoms in total. The molecule has 0 aromatic carbocycles. The van der Waals surface area contributed by atoms with Gasteiger partial charge in [-0.25, -0.2) is 18.4 Å². The fraction of sp³-hybridized carbons (Fsp3) is 0.500. The number of aromatic nitrogens is 4. The Bertz CT molecular complexity index is 694. The number of methoxy groups -OCH3 is 1. The second-order valence-electron chi connectivity index (χ2n) is 3.91. The van der Waals surface area contributed by atoms with Crippen molar-refractivity contribution in [1.29, 1.82) is 0 Å². The van der Waals surface area contributed by atoms with E-state index in [1.54, 1.807) is 11.5 Å². The molecule has 0 saturated carbocycles. The smallest absolute Gasteiger partial charge is 0.245 e. The molecule has 0 fully saturated rings. The number of ether oxygens (including phenoxy) is 1. The van der Waals surface area contributed by atoms with E-state index in [0.717, 1.165) is 0 Å². The number of hydrogen-bond donors (Lipinski definition) is 1. The standard InChI is InChI=1S/C10H15N5O3S/c1-3-19(16,17)5-4-15-8-7(14-10(15)11)9(18-2)13-6-12-8/h6H,3-5H2,1-2H3,(H2,11,14). The number of hydrogen-bond acceptors (Lipinski definition) is 7. The zero-order valence-corrected chi connectivity index (χ0v) is 11.5. The molecule has 2 aromatic rings. The monoisotopic (exact) mass is 285 g/mol. The Labute approximate surface area is 110 Å². The Kier molecular flexibility index (Phi) is 3.56. The van der Waals surface area contributed by atoms with Crippen LogP contribution in [0.4, 0.5) is 5.95 Å². The maximum absolute atomic E-state index is 11.5. The third-order valence-electron chi connectivity index (χ3n) is 2.79. The molecule has 0 aliphatic carbocycles. The molecule has 2 heterocycles. The van der Waals surface area contributed by atoms with Crippen molar-refractivity contribution < 1.29 is 13.2 Å². The van der Waals surface area contributed by atoms with Crippen molar-refractivity contribution in [2.45, 2.75) is 13.5 Å². The quantitative estimate of drug-likeness (QED) is 0.812. The molecule has 0 atom stereocenters. The molecule has 19 heavy (non-hydrogen) atoms. The SMILES string of the molecule is CCS(=O)(=O)CCn1c(N)nc2c(OC)ncnc21. The lowest BCUT2D eigenvalue weighted by Gasteiger charge is -2.05. The number of nitrogens with two attached hydrogens (primary N) is 1. The maximum atomic E-state index is 11.5. The number of imidazole rings is 1. The van der Waals surface area contributed by atoms with Gasteiger partial charge in [0.2, 0.25) is 11.8 Å². The van der Waals surface area contributed by atoms with E-state index in [9.17, 15) is 8.42 Å². The second kappa shape index (κ2) is 5.00. The molecule has 0 aliphatic rings. The van der Waals surface area contributed by atoms with E-state index in [-0.39, 0.29) is 24.0 Å². The summed E-state index contributed by atoms with van der Waals surface area (Å²) in [5, 5.41) is 0. The van der Waals surface area contributed by atoms with Gasteiger partial charge in [0.1, 0.15) is 6.33 Å². The molecule has 2 rings (SSSR count). The Morgan fingerprint density at radius 3 is 2.79 bits per heavy atom. The average Bonchev–Trinajstić information content (AvgIpc) is 2.72. The van der Waals surface area contributed by atoms with E-state index in [1.807, 2.05) is 0 Å². The van der Waals surface area contributed by atoms with E-state index >= 15 is 0 Å². The Balaban J connectivity index is 2.41. The first kappa shape index (κ1) is 13.5. The molecule has 2 N–H and O–H groups in total. The van der Waals surface area contributed by atoms with Crippen molar-refractivity contribution in [2.24, 2.45) is 0 Å². The molecule has 0 aliphatic heterocycles. The van der Waals surface area contributed by atoms with Gasteiger partial charge in [-0.1, -0.05) is 6.92 Å². The zero-order chi connectivity index (χ0) is 14.0. The first-order valence-electron chi connectivity index (χ1n) is 5.69. The van der Waals surface area contributed by atoms with Crippen LogP contribution in [0.3, 0.4) is 0 Å². The number of sulfone groups is 1. The van der Waals surface area contributed by atoms with Crippen molar-refractivity contribution >= 4 is 26.9 Å². The first-order valence-corrected chi connectivity index (χ1v) is 7.51. The third-order valence-corrected chi connectivity index (χ3v) is 4.47. The fourth-order valence-electron chi connectivity index (χ4n) is 1.68. The summed E-state index contributed by atoms with van der Waals surface area (Å²) in [7, 11) is -1.60. The van der Waals surface area contributed by atoms with Crippen LogP contribution in [-0.2, 0) is 16.4 Å². The van der Waals surface area contributed by atoms with Gasteiger partial charge in [0, 0.05) is 12.3 Å². The number of anilines is 1. The van der Waals surface area contributed by atoms with E-state index < -0.39 is 9.84 Å². The number of aryl methyl sites for hydroxylation is 1. The van der Waals surface area contributed by atoms with E-state index in [0.29, 0.717) is 17.0 Å². The lowest BCUT2D eigenvalue weighted by Crippen LogP contribution is -2.16. The molecule has 0 saturated heterocycles. The van der Waals surface area contributed by atoms with Crippen molar-refractivity contribution in [1.82, 2.24) is 19.5 Å². The van der Waals surface area contributed by atoms with Crippen LogP contribution in [0.2, 0.25) is 0 Å². The fourth-order valence-corrected chi connectivity index (χ4v) is 2.43. The topological polar surface area (TPSA) is 113 Å². The van der Waals surface area contributed by atoms with Gasteiger partial charge in [0.25, 0.3) is 0 Å². The van der Waals surface area contributed by atoms with Crippen LogP contribution >= 0.6 is 0 Å². The molecule has 0 bridgehead atoms. The highest BCUT2D eigenvalue weighted by molar-refractivity contribution is 7.91. The Morgan fingerprint density at radius 2 is 2.16 bits per heavy atom. The van der Waals surface area contributed by atoms with Crippen molar-refractivity contribution in [3.8, 4) is 5.88 Å². The minimum atomic E-state index is -3.08. The summed E-state index contributed by atoms with van der Waals surface area (Å²) in [6, 6.07) is 0. The van der Waals surface area contributed by atoms with Crippen molar-refractivity contribution in [3.63, 3.8) is 0 Å². The lowest BCUT2D eigenvalue weighted by atomic mass is 10.5. The molecule has 0 radical (unpaired) electrons. The Hall–Kier alpha value is -1.90. The largest absolute Gasteiger partial charge is 0.479 e. The van der Waals surface area contributed by atoms with Crippen molar-refractivity contribution in [3.05, 3.63) is 6.33 Å². The summed E-state index contributed by atoms with van der Waals surface area (Å²) < 4.78 is 29.7. The molecule has 9 heteroatoms. The highest BCUT2D eigenvalue weighted by Crippen LogP contribution is 2.22. The van der Waals surface area contributed by atoms with Gasteiger partial charge in [0.15, 0.2) is 21.0 Å². The molecule has 0 unspecified atom stereocenters. The van der Waals surface area contributed by atoms with Crippen LogP contribution in [0.5, 0.6) is 5.88 Å². The van der Waals surface area contributed by atoms with Crippen LogP contribution in [0.15, 0.2) is 6.33 Å². The summed E-state index contributed by atoms with van der Waals surface area (Å²) >= 11 is 0. The van der Waals surface area contributed by atoms with Gasteiger partial charge < -0.3 is 10.5 Å². The van der Waals surface area contributed by atoms with Gasteiger partial charge in [-0.15, -0.1) is 0 Å². The lowest BCUT2D eigenvalue weighted by molar-refractivity contribution is 0.401. The first-order chi connectivity index (χ1) is 8.98. The van der Waals surface area contributed by atoms with Gasteiger partial charge in [-0.3, -0.25) is 4.57 Å². The highest BCUT2D eigenvalue weighted by Gasteiger charge is 2.16. The van der Waals surface area contributed by atoms with Crippen LogP contribution in [0.25, 0.3) is 11.2 Å². The van der Waals surface area contributed by atoms with E-state index in [4.69, 9.17) is 10.5 Å². The minimum absolute atomic E-state index is 0.00845. The molecular formula is C10H15N5O3S. The number of nitrogens with zero attached hydrogens (tertiary/aromatic N) is 4. The molecule has 0 spiro atoms. The van der Waals surface area contributed by atoms with Crippen LogP contribution in [-0.4, -0.2) is 46.6 Å². The van der Waals surface area contributed by atoms with Crippen LogP contribution < -0.4 is 10.5 Å². The molecule has 2 aromatic heterocycles. The van der Waals surface area contributed by atoms with Gasteiger partial charge >= 0.3 is 0 Å². The number of fused-ring (bicyclic) bond motifs is 1. The molecule has 0 amide bonds. The summed E-state index contributed by atoms with van der Waals surface area (Å²) in [4.78, 5) is 12.1. The predicted octanol–water partition coefficient (Wildman–Crippen LogP) is -0.148. The highest BCUT2D eigenvalue weighted by atomic mass is 32.2. The van der Waals surface area contributed by atoms with Crippen molar-refractivity contribution in [2.75, 3.05) is 24.3 Å². The number of nitrogen functional groups attached to an aromatic ring is 1. The Morgan fingerprint density at radius 1 is 1.42 bits per heavy atom. The molecule has 104 valence electrons. The van der Waals surface area contributed by atoms with E-state index in [2.05, 4.69) is 15.0 Å². The molecular weight excluding hydrogens is 270 g/mol. The average molecular weight is 285 g/mol. The summed E-state index contributed by atoms with van der Waals surface area (Å²) in [5.74, 6) is 0.595. The maximum Gasteiger partial charge on any atom is 0.245 e. The van der Waals surface area contributed by atoms with Gasteiger partial charge in [-0.05, 0) is 0 Å². The van der Waals surface area contributed by atoms with E-state index in [1.165, 1.54) is 13.4 Å². The predicted molar refractivity (Wildman–Crippen MR) is 70.6 cm³/mol. The van der Waals surface area contributed by atoms with Crippen LogP contribution in [0, 0.1) is 0 Å². The normalized spacial score (nSPS) is 11.9. The summed E-state index contributed by atoms with van der Waals surface area (Å²) in [6.45, 7) is 1.81.